The minimum Gasteiger partial charge on any atom is -0.505 e. The van der Waals surface area contributed by atoms with Crippen LogP contribution in [-0.4, -0.2) is 27.7 Å². The van der Waals surface area contributed by atoms with Gasteiger partial charge in [-0.3, -0.25) is 14.5 Å². The minimum absolute atomic E-state index is 0.123. The normalized spacial score (nSPS) is 17.9. The van der Waals surface area contributed by atoms with Gasteiger partial charge in [-0.2, -0.15) is 0 Å². The highest BCUT2D eigenvalue weighted by Crippen LogP contribution is 2.36. The maximum Gasteiger partial charge on any atom is 0.292 e. The van der Waals surface area contributed by atoms with E-state index in [1.807, 2.05) is 0 Å². The lowest BCUT2D eigenvalue weighted by Gasteiger charge is -2.24. The summed E-state index contributed by atoms with van der Waals surface area (Å²) < 4.78 is 0. The number of amides is 2. The molecule has 1 aliphatic heterocycles. The summed E-state index contributed by atoms with van der Waals surface area (Å²) >= 11 is 12.7. The predicted octanol–water partition coefficient (Wildman–Crippen LogP) is 4.15. The minimum atomic E-state index is -0.286. The van der Waals surface area contributed by atoms with Crippen LogP contribution >= 0.6 is 35.0 Å². The van der Waals surface area contributed by atoms with Crippen molar-refractivity contribution < 1.29 is 14.7 Å². The van der Waals surface area contributed by atoms with Gasteiger partial charge in [-0.1, -0.05) is 23.2 Å². The van der Waals surface area contributed by atoms with Gasteiger partial charge in [-0.15, -0.1) is 0 Å². The Morgan fingerprint density at radius 3 is 2.45 bits per heavy atom. The first kappa shape index (κ1) is 15.2. The van der Waals surface area contributed by atoms with Crippen LogP contribution in [0.4, 0.5) is 4.79 Å². The predicted molar refractivity (Wildman–Crippen MR) is 81.1 cm³/mol. The van der Waals surface area contributed by atoms with Crippen LogP contribution in [0.3, 0.4) is 0 Å². The summed E-state index contributed by atoms with van der Waals surface area (Å²) in [6, 6.07) is 3.05. The third kappa shape index (κ3) is 3.11. The van der Waals surface area contributed by atoms with Crippen molar-refractivity contribution >= 4 is 52.2 Å². The van der Waals surface area contributed by atoms with Gasteiger partial charge in [0.15, 0.2) is 5.75 Å². The van der Waals surface area contributed by atoms with Crippen LogP contribution in [0, 0.1) is 0 Å². The van der Waals surface area contributed by atoms with E-state index >= 15 is 0 Å². The molecule has 7 heteroatoms. The number of carbonyl (C=O) groups excluding carboxylic acids is 2. The highest BCUT2D eigenvalue weighted by molar-refractivity contribution is 8.17. The van der Waals surface area contributed by atoms with Gasteiger partial charge >= 0.3 is 0 Å². The quantitative estimate of drug-likeness (QED) is 0.884. The molecular weight excluding hydrogens is 321 g/mol. The van der Waals surface area contributed by atoms with Crippen molar-refractivity contribution in [2.24, 2.45) is 0 Å². The van der Waals surface area contributed by atoms with E-state index in [0.29, 0.717) is 17.0 Å². The van der Waals surface area contributed by atoms with E-state index in [1.165, 1.54) is 17.0 Å². The standard InChI is InChI=1S/C13H11Cl2NO3S/c1-2-16-11(17)6-8(20-13(16)19)3-7-4-9(14)12(18)10(15)5-7/h3-5,18H,2,6H2,1H3/b8-3-. The fraction of sp³-hybridized carbons (Fsp3) is 0.231. The van der Waals surface area contributed by atoms with Gasteiger partial charge in [-0.25, -0.2) is 0 Å². The largest absolute Gasteiger partial charge is 0.505 e. The van der Waals surface area contributed by atoms with Gasteiger partial charge in [0.1, 0.15) is 0 Å². The van der Waals surface area contributed by atoms with Gasteiger partial charge in [0.05, 0.1) is 16.5 Å². The van der Waals surface area contributed by atoms with Crippen molar-refractivity contribution in [3.63, 3.8) is 0 Å². The second-order valence-electron chi connectivity index (χ2n) is 4.13. The highest BCUT2D eigenvalue weighted by atomic mass is 35.5. The number of rotatable bonds is 2. The summed E-state index contributed by atoms with van der Waals surface area (Å²) in [5.74, 6) is -0.408. The Kier molecular flexibility index (Phi) is 4.62. The first-order valence-electron chi connectivity index (χ1n) is 5.83. The van der Waals surface area contributed by atoms with Crippen molar-refractivity contribution in [1.29, 1.82) is 0 Å². The molecule has 1 fully saturated rings. The molecule has 1 aliphatic rings. The van der Waals surface area contributed by atoms with E-state index < -0.39 is 0 Å². The van der Waals surface area contributed by atoms with Crippen LogP contribution in [0.2, 0.25) is 10.0 Å². The number of phenols is 1. The van der Waals surface area contributed by atoms with Crippen LogP contribution in [0.25, 0.3) is 6.08 Å². The number of aromatic hydroxyl groups is 1. The summed E-state index contributed by atoms with van der Waals surface area (Å²) in [7, 11) is 0. The Balaban J connectivity index is 2.29. The number of benzene rings is 1. The Morgan fingerprint density at radius 2 is 1.95 bits per heavy atom. The molecule has 106 valence electrons. The topological polar surface area (TPSA) is 57.6 Å². The molecule has 1 aromatic carbocycles. The maximum atomic E-state index is 11.8. The van der Waals surface area contributed by atoms with Crippen molar-refractivity contribution in [3.8, 4) is 5.75 Å². The summed E-state index contributed by atoms with van der Waals surface area (Å²) in [6.07, 6.45) is 1.84. The summed E-state index contributed by atoms with van der Waals surface area (Å²) in [5.41, 5.74) is 0.630. The fourth-order valence-electron chi connectivity index (χ4n) is 1.79. The monoisotopic (exact) mass is 331 g/mol. The summed E-state index contributed by atoms with van der Waals surface area (Å²) in [5, 5.41) is 9.44. The molecule has 1 N–H and O–H groups in total. The van der Waals surface area contributed by atoms with Crippen LogP contribution in [0.1, 0.15) is 18.9 Å². The van der Waals surface area contributed by atoms with Crippen molar-refractivity contribution in [2.45, 2.75) is 13.3 Å². The molecule has 2 rings (SSSR count). The van der Waals surface area contributed by atoms with E-state index in [4.69, 9.17) is 23.2 Å². The maximum absolute atomic E-state index is 11.8. The molecular formula is C13H11Cl2NO3S. The second kappa shape index (κ2) is 6.08. The molecule has 0 atom stereocenters. The van der Waals surface area contributed by atoms with Crippen LogP contribution in [0.15, 0.2) is 17.0 Å². The number of carbonyl (C=O) groups is 2. The molecule has 0 spiro atoms. The molecule has 0 aromatic heterocycles. The number of thioether (sulfide) groups is 1. The van der Waals surface area contributed by atoms with E-state index in [9.17, 15) is 14.7 Å². The van der Waals surface area contributed by atoms with Gasteiger partial charge in [0.2, 0.25) is 5.91 Å². The molecule has 4 nitrogen and oxygen atoms in total. The van der Waals surface area contributed by atoms with E-state index in [0.717, 1.165) is 11.8 Å². The number of phenolic OH excluding ortho intramolecular Hbond substituents is 1. The lowest BCUT2D eigenvalue weighted by molar-refractivity contribution is -0.127. The molecule has 0 radical (unpaired) electrons. The Bertz CT molecular complexity index is 573. The Labute approximate surface area is 130 Å². The number of hydrogen-bond donors (Lipinski definition) is 1. The van der Waals surface area contributed by atoms with Gasteiger partial charge in [-0.05, 0) is 42.5 Å². The SMILES string of the molecule is CCN1C(=O)C/C(=C/c2cc(Cl)c(O)c(Cl)c2)SC1=O. The second-order valence-corrected chi connectivity index (χ2v) is 6.02. The Hall–Kier alpha value is -1.17. The van der Waals surface area contributed by atoms with E-state index in [1.54, 1.807) is 13.0 Å². The molecule has 0 saturated carbocycles. The van der Waals surface area contributed by atoms with Gasteiger partial charge < -0.3 is 5.11 Å². The first-order chi connectivity index (χ1) is 9.42. The lowest BCUT2D eigenvalue weighted by atomic mass is 10.2. The lowest BCUT2D eigenvalue weighted by Crippen LogP contribution is -2.37. The van der Waals surface area contributed by atoms with Crippen molar-refractivity contribution in [1.82, 2.24) is 4.90 Å². The average Bonchev–Trinajstić information content (AvgIpc) is 2.35. The number of imide groups is 1. The van der Waals surface area contributed by atoms with Crippen LogP contribution in [-0.2, 0) is 4.79 Å². The van der Waals surface area contributed by atoms with E-state index in [2.05, 4.69) is 0 Å². The molecule has 1 heterocycles. The zero-order valence-electron chi connectivity index (χ0n) is 10.5. The third-order valence-electron chi connectivity index (χ3n) is 2.75. The van der Waals surface area contributed by atoms with E-state index in [-0.39, 0.29) is 33.4 Å². The molecule has 0 unspecified atom stereocenters. The number of halogens is 2. The number of nitrogens with zero attached hydrogens (tertiary/aromatic N) is 1. The van der Waals surface area contributed by atoms with Crippen molar-refractivity contribution in [2.75, 3.05) is 6.54 Å². The average molecular weight is 332 g/mol. The van der Waals surface area contributed by atoms with Crippen molar-refractivity contribution in [3.05, 3.63) is 32.6 Å². The van der Waals surface area contributed by atoms with Crippen LogP contribution < -0.4 is 0 Å². The number of hydrogen-bond acceptors (Lipinski definition) is 4. The Morgan fingerprint density at radius 1 is 1.35 bits per heavy atom. The molecule has 2 amide bonds. The zero-order chi connectivity index (χ0) is 14.9. The molecule has 1 saturated heterocycles. The van der Waals surface area contributed by atoms with Gasteiger partial charge in [0, 0.05) is 11.4 Å². The highest BCUT2D eigenvalue weighted by Gasteiger charge is 2.28. The molecule has 0 bridgehead atoms. The molecule has 20 heavy (non-hydrogen) atoms. The smallest absolute Gasteiger partial charge is 0.292 e. The third-order valence-corrected chi connectivity index (χ3v) is 4.24. The molecule has 0 aliphatic carbocycles. The van der Waals surface area contributed by atoms with Crippen LogP contribution in [0.5, 0.6) is 5.75 Å². The zero-order valence-corrected chi connectivity index (χ0v) is 12.8. The fourth-order valence-corrected chi connectivity index (χ4v) is 3.25. The first-order valence-corrected chi connectivity index (χ1v) is 7.40. The summed E-state index contributed by atoms with van der Waals surface area (Å²) in [6.45, 7) is 2.12. The summed E-state index contributed by atoms with van der Waals surface area (Å²) in [4.78, 5) is 25.4. The molecule has 1 aromatic rings. The van der Waals surface area contributed by atoms with Gasteiger partial charge in [0.25, 0.3) is 5.24 Å².